The summed E-state index contributed by atoms with van der Waals surface area (Å²) >= 11 is 12.3. The van der Waals surface area contributed by atoms with Crippen LogP contribution in [-0.2, 0) is 27.5 Å². The quantitative estimate of drug-likeness (QED) is 0.445. The second-order valence-corrected chi connectivity index (χ2v) is 12.0. The topological polar surface area (TPSA) is 69.7 Å². The molecule has 204 valence electrons. The van der Waals surface area contributed by atoms with Crippen molar-refractivity contribution in [1.29, 1.82) is 0 Å². The number of halogens is 5. The van der Waals surface area contributed by atoms with Gasteiger partial charge in [-0.15, -0.1) is 0 Å². The van der Waals surface area contributed by atoms with Gasteiger partial charge in [0, 0.05) is 19.6 Å². The van der Waals surface area contributed by atoms with Crippen molar-refractivity contribution < 1.29 is 26.4 Å². The molecular formula is C25H30Cl2F3N3O3S. The van der Waals surface area contributed by atoms with E-state index in [1.807, 2.05) is 0 Å². The van der Waals surface area contributed by atoms with Gasteiger partial charge >= 0.3 is 6.18 Å². The Bertz CT molecular complexity index is 1190. The summed E-state index contributed by atoms with van der Waals surface area (Å²) in [7, 11) is -1.65. The number of alkyl halides is 3. The molecule has 6 nitrogen and oxygen atoms in total. The largest absolute Gasteiger partial charge is 0.416 e. The molecule has 1 aliphatic rings. The van der Waals surface area contributed by atoms with Gasteiger partial charge in [-0.25, -0.2) is 13.1 Å². The Balaban J connectivity index is 1.69. The van der Waals surface area contributed by atoms with Crippen LogP contribution in [0.15, 0.2) is 42.5 Å². The highest BCUT2D eigenvalue weighted by Gasteiger charge is 2.30. The second kappa shape index (κ2) is 12.3. The van der Waals surface area contributed by atoms with E-state index in [9.17, 15) is 26.4 Å². The molecule has 1 fully saturated rings. The van der Waals surface area contributed by atoms with Gasteiger partial charge in [0.25, 0.3) is 0 Å². The fourth-order valence-electron chi connectivity index (χ4n) is 4.47. The second-order valence-electron chi connectivity index (χ2n) is 9.41. The summed E-state index contributed by atoms with van der Waals surface area (Å²) < 4.78 is 64.3. The van der Waals surface area contributed by atoms with Gasteiger partial charge in [0.15, 0.2) is 0 Å². The average Bonchev–Trinajstić information content (AvgIpc) is 2.81. The molecule has 1 amide bonds. The average molecular weight is 581 g/mol. The SMILES string of the molecule is CN(Cc1ccc(C(F)(F)F)cc1)C(=O)C(CCN1CCC(NS(C)(=O)=O)CC1)c1ccc(Cl)c(Cl)c1. The van der Waals surface area contributed by atoms with E-state index >= 15 is 0 Å². The molecule has 0 radical (unpaired) electrons. The predicted octanol–water partition coefficient (Wildman–Crippen LogP) is 5.16. The Morgan fingerprint density at radius 2 is 1.73 bits per heavy atom. The molecule has 1 aliphatic heterocycles. The molecule has 1 N–H and O–H groups in total. The summed E-state index contributed by atoms with van der Waals surface area (Å²) in [6, 6.07) is 9.71. The van der Waals surface area contributed by atoms with Crippen LogP contribution in [0.1, 0.15) is 41.9 Å². The Labute approximate surface area is 225 Å². The molecule has 1 unspecified atom stereocenters. The van der Waals surface area contributed by atoms with Gasteiger partial charge in [-0.1, -0.05) is 41.4 Å². The maximum Gasteiger partial charge on any atom is 0.416 e. The lowest BCUT2D eigenvalue weighted by Gasteiger charge is -2.33. The van der Waals surface area contributed by atoms with Gasteiger partial charge in [0.05, 0.1) is 27.8 Å². The van der Waals surface area contributed by atoms with Crippen molar-refractivity contribution in [3.8, 4) is 0 Å². The number of hydrogen-bond donors (Lipinski definition) is 1. The third kappa shape index (κ3) is 8.85. The normalized spacial score (nSPS) is 16.5. The van der Waals surface area contributed by atoms with Crippen LogP contribution in [0.25, 0.3) is 0 Å². The lowest BCUT2D eigenvalue weighted by Crippen LogP contribution is -2.45. The van der Waals surface area contributed by atoms with E-state index in [-0.39, 0.29) is 18.5 Å². The van der Waals surface area contributed by atoms with E-state index in [2.05, 4.69) is 9.62 Å². The van der Waals surface area contributed by atoms with E-state index in [4.69, 9.17) is 23.2 Å². The number of benzene rings is 2. The van der Waals surface area contributed by atoms with Crippen molar-refractivity contribution in [3.63, 3.8) is 0 Å². The van der Waals surface area contributed by atoms with Crippen LogP contribution < -0.4 is 4.72 Å². The summed E-state index contributed by atoms with van der Waals surface area (Å²) in [5.41, 5.74) is 0.541. The Hall–Kier alpha value is -1.85. The third-order valence-electron chi connectivity index (χ3n) is 6.42. The summed E-state index contributed by atoms with van der Waals surface area (Å²) in [5.74, 6) is -0.729. The molecule has 0 bridgehead atoms. The van der Waals surface area contributed by atoms with Gasteiger partial charge in [-0.2, -0.15) is 13.2 Å². The fourth-order valence-corrected chi connectivity index (χ4v) is 5.62. The highest BCUT2D eigenvalue weighted by molar-refractivity contribution is 7.88. The molecule has 2 aromatic carbocycles. The minimum absolute atomic E-state index is 0.103. The number of likely N-dealkylation sites (tertiary alicyclic amines) is 1. The molecule has 1 heterocycles. The Kier molecular flexibility index (Phi) is 9.90. The molecule has 3 rings (SSSR count). The van der Waals surface area contributed by atoms with Gasteiger partial charge in [0.1, 0.15) is 0 Å². The maximum absolute atomic E-state index is 13.5. The standard InChI is InChI=1S/C25H30Cl2F3N3O3S/c1-32(16-17-3-6-19(7-4-17)25(28,29)30)24(34)21(18-5-8-22(26)23(27)15-18)11-14-33-12-9-20(10-13-33)31-37(2,35)36/h3-8,15,20-21,31H,9-14,16H2,1-2H3. The van der Waals surface area contributed by atoms with E-state index < -0.39 is 27.7 Å². The smallest absolute Gasteiger partial charge is 0.341 e. The number of amides is 1. The van der Waals surface area contributed by atoms with Crippen molar-refractivity contribution in [2.75, 3.05) is 32.9 Å². The van der Waals surface area contributed by atoms with Crippen LogP contribution in [0.4, 0.5) is 13.2 Å². The van der Waals surface area contributed by atoms with Crippen LogP contribution in [0.3, 0.4) is 0 Å². The number of rotatable bonds is 9. The fraction of sp³-hybridized carbons (Fsp3) is 0.480. The lowest BCUT2D eigenvalue weighted by molar-refractivity contribution is -0.137. The highest BCUT2D eigenvalue weighted by Crippen LogP contribution is 2.31. The molecule has 1 saturated heterocycles. The first-order valence-corrected chi connectivity index (χ1v) is 14.4. The number of nitrogens with zero attached hydrogens (tertiary/aromatic N) is 2. The minimum Gasteiger partial charge on any atom is -0.341 e. The van der Waals surface area contributed by atoms with Crippen LogP contribution in [-0.4, -0.2) is 63.1 Å². The van der Waals surface area contributed by atoms with Crippen LogP contribution in [0.2, 0.25) is 10.0 Å². The molecule has 0 spiro atoms. The van der Waals surface area contributed by atoms with Crippen molar-refractivity contribution in [2.45, 2.75) is 43.9 Å². The number of sulfonamides is 1. The first kappa shape index (κ1) is 29.7. The number of likely N-dealkylation sites (N-methyl/N-ethyl adjacent to an activating group) is 1. The van der Waals surface area contributed by atoms with Crippen molar-refractivity contribution in [2.24, 2.45) is 0 Å². The zero-order valence-corrected chi connectivity index (χ0v) is 22.9. The first-order chi connectivity index (χ1) is 17.2. The zero-order valence-electron chi connectivity index (χ0n) is 20.6. The molecule has 0 aliphatic carbocycles. The van der Waals surface area contributed by atoms with Crippen LogP contribution in [0, 0.1) is 0 Å². The number of nitrogens with one attached hydrogen (secondary N) is 1. The van der Waals surface area contributed by atoms with E-state index in [1.54, 1.807) is 25.2 Å². The number of hydrogen-bond acceptors (Lipinski definition) is 4. The van der Waals surface area contributed by atoms with Crippen molar-refractivity contribution in [1.82, 2.24) is 14.5 Å². The number of carbonyl (C=O) groups is 1. The Morgan fingerprint density at radius 1 is 1.11 bits per heavy atom. The van der Waals surface area contributed by atoms with Gasteiger partial charge in [-0.3, -0.25) is 4.79 Å². The maximum atomic E-state index is 13.5. The summed E-state index contributed by atoms with van der Waals surface area (Å²) in [4.78, 5) is 17.2. The number of piperidine rings is 1. The summed E-state index contributed by atoms with van der Waals surface area (Å²) in [6.07, 6.45) is -1.45. The Morgan fingerprint density at radius 3 is 2.27 bits per heavy atom. The number of carbonyl (C=O) groups excluding carboxylic acids is 1. The van der Waals surface area contributed by atoms with Gasteiger partial charge in [0.2, 0.25) is 15.9 Å². The van der Waals surface area contributed by atoms with Gasteiger partial charge in [-0.05, 0) is 74.3 Å². The minimum atomic E-state index is -4.42. The monoisotopic (exact) mass is 579 g/mol. The third-order valence-corrected chi connectivity index (χ3v) is 7.92. The van der Waals surface area contributed by atoms with Crippen molar-refractivity contribution in [3.05, 3.63) is 69.2 Å². The zero-order chi connectivity index (χ0) is 27.4. The van der Waals surface area contributed by atoms with Crippen molar-refractivity contribution >= 4 is 39.1 Å². The lowest BCUT2D eigenvalue weighted by atomic mass is 9.93. The molecule has 37 heavy (non-hydrogen) atoms. The molecule has 1 atom stereocenters. The van der Waals surface area contributed by atoms with Crippen LogP contribution in [0.5, 0.6) is 0 Å². The highest BCUT2D eigenvalue weighted by atomic mass is 35.5. The van der Waals surface area contributed by atoms with E-state index in [0.29, 0.717) is 60.1 Å². The predicted molar refractivity (Wildman–Crippen MR) is 139 cm³/mol. The van der Waals surface area contributed by atoms with E-state index in [1.165, 1.54) is 17.0 Å². The van der Waals surface area contributed by atoms with Crippen LogP contribution >= 0.6 is 23.2 Å². The molecule has 2 aromatic rings. The van der Waals surface area contributed by atoms with E-state index in [0.717, 1.165) is 18.4 Å². The summed E-state index contributed by atoms with van der Waals surface area (Å²) in [5, 5.41) is 0.699. The molecule has 0 saturated carbocycles. The molecule has 12 heteroatoms. The van der Waals surface area contributed by atoms with Gasteiger partial charge < -0.3 is 9.80 Å². The molecule has 0 aromatic heterocycles. The summed E-state index contributed by atoms with van der Waals surface area (Å²) in [6.45, 7) is 2.14. The first-order valence-electron chi connectivity index (χ1n) is 11.8. The molecular weight excluding hydrogens is 550 g/mol.